The second-order valence-electron chi connectivity index (χ2n) is 11.9. The lowest BCUT2D eigenvalue weighted by Crippen LogP contribution is -2.46. The predicted octanol–water partition coefficient (Wildman–Crippen LogP) is 10.2. The van der Waals surface area contributed by atoms with E-state index in [-0.39, 0.29) is 10.8 Å². The van der Waals surface area contributed by atoms with Gasteiger partial charge in [-0.1, -0.05) is 118 Å². The summed E-state index contributed by atoms with van der Waals surface area (Å²) in [4.78, 5) is -0.533. The average Bonchev–Trinajstić information content (AvgIpc) is 2.93. The Balaban J connectivity index is 1.62. The number of hydrogen-bond acceptors (Lipinski definition) is 1. The van der Waals surface area contributed by atoms with Gasteiger partial charge in [0.1, 0.15) is 0 Å². The molecule has 2 atom stereocenters. The highest BCUT2D eigenvalue weighted by Gasteiger charge is 2.47. The summed E-state index contributed by atoms with van der Waals surface area (Å²) in [5, 5.41) is 3.88. The first-order valence-electron chi connectivity index (χ1n) is 14.4. The second kappa shape index (κ2) is 11.3. The van der Waals surface area contributed by atoms with E-state index >= 15 is 0 Å². The van der Waals surface area contributed by atoms with Crippen molar-refractivity contribution in [3.63, 3.8) is 0 Å². The van der Waals surface area contributed by atoms with Crippen LogP contribution in [0.15, 0.2) is 85.1 Å². The van der Waals surface area contributed by atoms with Gasteiger partial charge in [0, 0.05) is 23.1 Å². The largest absolute Gasteiger partial charge is 0.387 e. The average molecular weight is 528 g/mol. The molecule has 1 N–H and O–H groups in total. The standard InChI is InChI=1S/C36H46ClN/c1-8-33-34(7,24-21-32(36(33,37)9-2)30-17-15-29(16-18-30)26(3)4)25-38-28(6)35(22-11-10-12-23-35)31-19-13-27(5)14-20-31/h8,13-21,38H,3,6,9-12,22-25H2,1-2,4-5,7H3/b33-8+. The molecule has 0 heterocycles. The van der Waals surface area contributed by atoms with Crippen LogP contribution in [-0.2, 0) is 5.41 Å². The van der Waals surface area contributed by atoms with Crippen molar-refractivity contribution in [2.45, 2.75) is 89.9 Å². The number of allylic oxidation sites excluding steroid dienone is 5. The van der Waals surface area contributed by atoms with Gasteiger partial charge in [0.15, 0.2) is 0 Å². The maximum absolute atomic E-state index is 7.61. The van der Waals surface area contributed by atoms with Crippen LogP contribution in [-0.4, -0.2) is 11.4 Å². The lowest BCUT2D eigenvalue weighted by molar-refractivity contribution is 0.300. The molecule has 0 amide bonds. The number of aryl methyl sites for hydroxylation is 1. The maximum Gasteiger partial charge on any atom is 0.0910 e. The zero-order valence-electron chi connectivity index (χ0n) is 24.2. The van der Waals surface area contributed by atoms with Crippen LogP contribution in [0, 0.1) is 12.3 Å². The lowest BCUT2D eigenvalue weighted by atomic mass is 9.63. The molecule has 2 aromatic rings. The summed E-state index contributed by atoms with van der Waals surface area (Å²) in [6.07, 6.45) is 12.6. The molecule has 1 nitrogen and oxygen atoms in total. The maximum atomic E-state index is 7.61. The van der Waals surface area contributed by atoms with Crippen LogP contribution in [0.3, 0.4) is 0 Å². The van der Waals surface area contributed by atoms with Crippen LogP contribution in [0.25, 0.3) is 11.1 Å². The van der Waals surface area contributed by atoms with Crippen molar-refractivity contribution >= 4 is 22.7 Å². The fraction of sp³-hybridized carbons (Fsp3) is 0.444. The summed E-state index contributed by atoms with van der Waals surface area (Å²) in [6.45, 7) is 20.5. The van der Waals surface area contributed by atoms with Gasteiger partial charge in [-0.3, -0.25) is 0 Å². The van der Waals surface area contributed by atoms with E-state index in [9.17, 15) is 0 Å². The quantitative estimate of drug-likeness (QED) is 0.266. The van der Waals surface area contributed by atoms with Crippen LogP contribution in [0.4, 0.5) is 0 Å². The summed E-state index contributed by atoms with van der Waals surface area (Å²) in [6, 6.07) is 17.9. The number of nitrogens with one attached hydrogen (secondary N) is 1. The molecule has 4 rings (SSSR count). The van der Waals surface area contributed by atoms with E-state index in [0.717, 1.165) is 37.8 Å². The Morgan fingerprint density at radius 3 is 2.18 bits per heavy atom. The molecule has 0 saturated heterocycles. The normalized spacial score (nSPS) is 26.1. The first kappa shape index (κ1) is 28.5. The van der Waals surface area contributed by atoms with Gasteiger partial charge < -0.3 is 5.32 Å². The summed E-state index contributed by atoms with van der Waals surface area (Å²) < 4.78 is 0. The first-order chi connectivity index (χ1) is 18.1. The molecule has 1 saturated carbocycles. The molecule has 1 fully saturated rings. The highest BCUT2D eigenvalue weighted by molar-refractivity contribution is 6.32. The zero-order chi connectivity index (χ0) is 27.6. The SMILES string of the molecule is C=C(C)c1ccc(C2=CCC(C)(CNC(=C)C3(c4ccc(C)cc4)CCCCC3)/C(=C\C)C2(Cl)CC)cc1. The van der Waals surface area contributed by atoms with Crippen molar-refractivity contribution in [2.75, 3.05) is 6.54 Å². The fourth-order valence-corrected chi connectivity index (χ4v) is 7.42. The van der Waals surface area contributed by atoms with Crippen molar-refractivity contribution in [1.29, 1.82) is 0 Å². The number of benzene rings is 2. The summed E-state index contributed by atoms with van der Waals surface area (Å²) >= 11 is 7.61. The molecule has 2 heteroatoms. The third-order valence-corrected chi connectivity index (χ3v) is 9.98. The van der Waals surface area contributed by atoms with Crippen LogP contribution in [0.1, 0.15) is 94.9 Å². The molecule has 0 spiro atoms. The zero-order valence-corrected chi connectivity index (χ0v) is 25.0. The molecular formula is C36H46ClN. The predicted molar refractivity (Wildman–Crippen MR) is 168 cm³/mol. The third kappa shape index (κ3) is 5.20. The molecule has 2 aliphatic rings. The molecule has 0 bridgehead atoms. The van der Waals surface area contributed by atoms with E-state index in [1.54, 1.807) is 0 Å². The topological polar surface area (TPSA) is 12.0 Å². The molecule has 38 heavy (non-hydrogen) atoms. The van der Waals surface area contributed by atoms with Gasteiger partial charge >= 0.3 is 0 Å². The van der Waals surface area contributed by atoms with E-state index in [4.69, 9.17) is 11.6 Å². The second-order valence-corrected chi connectivity index (χ2v) is 12.6. The molecular weight excluding hydrogens is 482 g/mol. The Hall–Kier alpha value is -2.51. The molecule has 2 aliphatic carbocycles. The molecule has 0 aromatic heterocycles. The smallest absolute Gasteiger partial charge is 0.0910 e. The molecule has 202 valence electrons. The third-order valence-electron chi connectivity index (χ3n) is 9.31. The van der Waals surface area contributed by atoms with Gasteiger partial charge in [-0.25, -0.2) is 0 Å². The highest BCUT2D eigenvalue weighted by atomic mass is 35.5. The lowest BCUT2D eigenvalue weighted by Gasteiger charge is -2.47. The summed E-state index contributed by atoms with van der Waals surface area (Å²) in [7, 11) is 0. The van der Waals surface area contributed by atoms with E-state index in [1.807, 2.05) is 6.92 Å². The number of hydrogen-bond donors (Lipinski definition) is 1. The molecule has 0 aliphatic heterocycles. The Bertz CT molecular complexity index is 1220. The number of alkyl halides is 1. The van der Waals surface area contributed by atoms with Crippen LogP contribution >= 0.6 is 11.6 Å². The van der Waals surface area contributed by atoms with Crippen molar-refractivity contribution < 1.29 is 0 Å². The molecule has 2 unspecified atom stereocenters. The summed E-state index contributed by atoms with van der Waals surface area (Å²) in [5.74, 6) is 0. The monoisotopic (exact) mass is 527 g/mol. The number of halogens is 1. The molecule has 2 aromatic carbocycles. The Morgan fingerprint density at radius 1 is 1.00 bits per heavy atom. The van der Waals surface area contributed by atoms with Crippen molar-refractivity contribution in [1.82, 2.24) is 5.32 Å². The first-order valence-corrected chi connectivity index (χ1v) is 14.8. The van der Waals surface area contributed by atoms with Crippen LogP contribution in [0.2, 0.25) is 0 Å². The van der Waals surface area contributed by atoms with E-state index in [2.05, 4.69) is 107 Å². The van der Waals surface area contributed by atoms with Gasteiger partial charge in [-0.15, -0.1) is 11.6 Å². The summed E-state index contributed by atoms with van der Waals surface area (Å²) in [5.41, 5.74) is 9.77. The highest BCUT2D eigenvalue weighted by Crippen LogP contribution is 2.54. The van der Waals surface area contributed by atoms with Crippen molar-refractivity contribution in [3.05, 3.63) is 107 Å². The Morgan fingerprint density at radius 2 is 1.63 bits per heavy atom. The number of rotatable bonds is 8. The van der Waals surface area contributed by atoms with Crippen LogP contribution in [0.5, 0.6) is 0 Å². The van der Waals surface area contributed by atoms with Gasteiger partial charge in [-0.2, -0.15) is 0 Å². The van der Waals surface area contributed by atoms with Gasteiger partial charge in [-0.05, 0) is 74.3 Å². The van der Waals surface area contributed by atoms with E-state index in [0.29, 0.717) is 0 Å². The Labute approximate surface area is 236 Å². The minimum atomic E-state index is -0.533. The Kier molecular flexibility index (Phi) is 8.48. The van der Waals surface area contributed by atoms with Crippen molar-refractivity contribution in [3.8, 4) is 0 Å². The van der Waals surface area contributed by atoms with Crippen molar-refractivity contribution in [2.24, 2.45) is 5.41 Å². The molecule has 0 radical (unpaired) electrons. The van der Waals surface area contributed by atoms with Crippen LogP contribution < -0.4 is 5.32 Å². The minimum absolute atomic E-state index is 0.00189. The van der Waals surface area contributed by atoms with Gasteiger partial charge in [0.25, 0.3) is 0 Å². The van der Waals surface area contributed by atoms with E-state index in [1.165, 1.54) is 58.4 Å². The van der Waals surface area contributed by atoms with E-state index < -0.39 is 4.87 Å². The fourth-order valence-electron chi connectivity index (χ4n) is 6.89. The minimum Gasteiger partial charge on any atom is -0.387 e. The van der Waals surface area contributed by atoms with Gasteiger partial charge in [0.2, 0.25) is 0 Å². The van der Waals surface area contributed by atoms with Gasteiger partial charge in [0.05, 0.1) is 4.87 Å².